The average Bonchev–Trinajstić information content (AvgIpc) is 2.39. The van der Waals surface area contributed by atoms with E-state index in [2.05, 4.69) is 6.07 Å². The number of ether oxygens (including phenoxy) is 1. The van der Waals surface area contributed by atoms with Crippen LogP contribution in [0.25, 0.3) is 0 Å². The van der Waals surface area contributed by atoms with Gasteiger partial charge in [-0.25, -0.2) is 4.39 Å². The molecule has 0 aliphatic heterocycles. The molecule has 0 aromatic heterocycles. The smallest absolute Gasteiger partial charge is 0.165 e. The van der Waals surface area contributed by atoms with Gasteiger partial charge in [-0.2, -0.15) is 5.26 Å². The van der Waals surface area contributed by atoms with Gasteiger partial charge in [0.05, 0.1) is 18.6 Å². The number of methoxy groups -OCH3 is 1. The molecule has 1 fully saturated rings. The maximum absolute atomic E-state index is 13.7. The van der Waals surface area contributed by atoms with Gasteiger partial charge < -0.3 is 4.74 Å². The van der Waals surface area contributed by atoms with Gasteiger partial charge in [0.25, 0.3) is 0 Å². The summed E-state index contributed by atoms with van der Waals surface area (Å²) in [5.74, 6) is -0.150. The number of nitrogens with zero attached hydrogens (tertiary/aromatic N) is 1. The minimum absolute atomic E-state index is 0.234. The Balaban J connectivity index is 2.38. The van der Waals surface area contributed by atoms with Crippen molar-refractivity contribution in [3.05, 3.63) is 29.6 Å². The Labute approximate surface area is 101 Å². The molecule has 0 unspecified atom stereocenters. The number of hydrogen-bond acceptors (Lipinski definition) is 2. The summed E-state index contributed by atoms with van der Waals surface area (Å²) in [5, 5.41) is 9.41. The lowest BCUT2D eigenvalue weighted by atomic mass is 9.70. The molecule has 1 saturated carbocycles. The van der Waals surface area contributed by atoms with Crippen LogP contribution in [0.2, 0.25) is 0 Å². The van der Waals surface area contributed by atoms with Crippen molar-refractivity contribution in [1.29, 1.82) is 5.26 Å². The molecule has 1 aromatic rings. The van der Waals surface area contributed by atoms with Crippen LogP contribution < -0.4 is 4.74 Å². The van der Waals surface area contributed by atoms with Gasteiger partial charge in [0.1, 0.15) is 0 Å². The van der Waals surface area contributed by atoms with E-state index in [1.165, 1.54) is 19.6 Å². The van der Waals surface area contributed by atoms with E-state index in [0.29, 0.717) is 0 Å². The Kier molecular flexibility index (Phi) is 3.33. The Morgan fingerprint density at radius 1 is 1.29 bits per heavy atom. The molecule has 0 radical (unpaired) electrons. The lowest BCUT2D eigenvalue weighted by Crippen LogP contribution is -2.27. The van der Waals surface area contributed by atoms with Crippen molar-refractivity contribution < 1.29 is 9.13 Å². The summed E-state index contributed by atoms with van der Waals surface area (Å²) >= 11 is 0. The van der Waals surface area contributed by atoms with Crippen molar-refractivity contribution in [3.8, 4) is 11.8 Å². The first-order chi connectivity index (χ1) is 8.22. The maximum Gasteiger partial charge on any atom is 0.165 e. The molecule has 2 nitrogen and oxygen atoms in total. The van der Waals surface area contributed by atoms with Crippen molar-refractivity contribution in [3.63, 3.8) is 0 Å². The molecule has 1 aromatic carbocycles. The highest BCUT2D eigenvalue weighted by atomic mass is 19.1. The molecular formula is C14H16FNO. The van der Waals surface area contributed by atoms with E-state index in [1.807, 2.05) is 6.07 Å². The Bertz CT molecular complexity index is 444. The zero-order chi connectivity index (χ0) is 12.3. The van der Waals surface area contributed by atoms with E-state index in [9.17, 15) is 9.65 Å². The largest absolute Gasteiger partial charge is 0.494 e. The van der Waals surface area contributed by atoms with Gasteiger partial charge in [-0.05, 0) is 30.5 Å². The van der Waals surface area contributed by atoms with Crippen LogP contribution in [0.1, 0.15) is 37.7 Å². The monoisotopic (exact) mass is 233 g/mol. The zero-order valence-corrected chi connectivity index (χ0v) is 10.0. The highest BCUT2D eigenvalue weighted by molar-refractivity contribution is 5.38. The number of hydrogen-bond donors (Lipinski definition) is 0. The summed E-state index contributed by atoms with van der Waals surface area (Å²) in [6, 6.07) is 7.27. The van der Waals surface area contributed by atoms with E-state index >= 15 is 0 Å². The fourth-order valence-electron chi connectivity index (χ4n) is 2.58. The first-order valence-electron chi connectivity index (χ1n) is 5.97. The predicted molar refractivity (Wildman–Crippen MR) is 63.3 cm³/mol. The fourth-order valence-corrected chi connectivity index (χ4v) is 2.58. The molecular weight excluding hydrogens is 217 g/mol. The lowest BCUT2D eigenvalue weighted by Gasteiger charge is -2.31. The molecule has 0 heterocycles. The third-order valence-corrected chi connectivity index (χ3v) is 3.63. The quantitative estimate of drug-likeness (QED) is 0.782. The highest BCUT2D eigenvalue weighted by Crippen LogP contribution is 2.39. The summed E-state index contributed by atoms with van der Waals surface area (Å²) < 4.78 is 18.6. The minimum Gasteiger partial charge on any atom is -0.494 e. The first kappa shape index (κ1) is 11.9. The number of benzene rings is 1. The number of nitriles is 1. The zero-order valence-electron chi connectivity index (χ0n) is 10.0. The van der Waals surface area contributed by atoms with Crippen LogP contribution in [0.4, 0.5) is 4.39 Å². The SMILES string of the molecule is COc1ccc(C2(C#N)CCCCC2)cc1F. The summed E-state index contributed by atoms with van der Waals surface area (Å²) in [5.41, 5.74) is 0.295. The van der Waals surface area contributed by atoms with E-state index in [-0.39, 0.29) is 11.6 Å². The van der Waals surface area contributed by atoms with E-state index in [1.54, 1.807) is 6.07 Å². The summed E-state index contributed by atoms with van der Waals surface area (Å²) in [6.07, 6.45) is 4.91. The van der Waals surface area contributed by atoms with Crippen LogP contribution in [-0.2, 0) is 5.41 Å². The van der Waals surface area contributed by atoms with Gasteiger partial charge in [-0.15, -0.1) is 0 Å². The summed E-state index contributed by atoms with van der Waals surface area (Å²) in [4.78, 5) is 0. The van der Waals surface area contributed by atoms with Crippen LogP contribution in [0, 0.1) is 17.1 Å². The standard InChI is InChI=1S/C14H16FNO/c1-17-13-6-5-11(9-12(13)15)14(10-16)7-3-2-4-8-14/h5-6,9H,2-4,7-8H2,1H3. The molecule has 0 bridgehead atoms. The molecule has 0 saturated heterocycles. The van der Waals surface area contributed by atoms with Crippen molar-refractivity contribution in [2.24, 2.45) is 0 Å². The molecule has 0 atom stereocenters. The van der Waals surface area contributed by atoms with Crippen molar-refractivity contribution in [1.82, 2.24) is 0 Å². The number of rotatable bonds is 2. The number of halogens is 1. The van der Waals surface area contributed by atoms with Gasteiger partial charge in [0.2, 0.25) is 0 Å². The Morgan fingerprint density at radius 3 is 2.53 bits per heavy atom. The van der Waals surface area contributed by atoms with Crippen molar-refractivity contribution in [2.75, 3.05) is 7.11 Å². The molecule has 1 aliphatic rings. The summed E-state index contributed by atoms with van der Waals surface area (Å²) in [7, 11) is 1.44. The van der Waals surface area contributed by atoms with Crippen molar-refractivity contribution in [2.45, 2.75) is 37.5 Å². The normalized spacial score (nSPS) is 18.4. The first-order valence-corrected chi connectivity index (χ1v) is 5.97. The van der Waals surface area contributed by atoms with Crippen molar-refractivity contribution >= 4 is 0 Å². The van der Waals surface area contributed by atoms with E-state index < -0.39 is 5.41 Å². The molecule has 3 heteroatoms. The van der Waals surface area contributed by atoms with Crippen LogP contribution in [0.15, 0.2) is 18.2 Å². The molecule has 0 N–H and O–H groups in total. The molecule has 0 spiro atoms. The van der Waals surface area contributed by atoms with E-state index in [0.717, 1.165) is 31.2 Å². The minimum atomic E-state index is -0.495. The predicted octanol–water partition coefficient (Wildman–Crippen LogP) is 3.56. The second-order valence-electron chi connectivity index (χ2n) is 4.60. The average molecular weight is 233 g/mol. The van der Waals surface area contributed by atoms with Gasteiger partial charge in [-0.1, -0.05) is 25.3 Å². The molecule has 2 rings (SSSR count). The van der Waals surface area contributed by atoms with Crippen LogP contribution in [0.5, 0.6) is 5.75 Å². The topological polar surface area (TPSA) is 33.0 Å². The molecule has 0 amide bonds. The second kappa shape index (κ2) is 4.75. The lowest BCUT2D eigenvalue weighted by molar-refractivity contribution is 0.359. The Morgan fingerprint density at radius 2 is 2.00 bits per heavy atom. The van der Waals surface area contributed by atoms with E-state index in [4.69, 9.17) is 4.74 Å². The third kappa shape index (κ3) is 2.12. The van der Waals surface area contributed by atoms with Gasteiger partial charge in [0.15, 0.2) is 11.6 Å². The van der Waals surface area contributed by atoms with Crippen LogP contribution >= 0.6 is 0 Å². The second-order valence-corrected chi connectivity index (χ2v) is 4.60. The molecule has 1 aliphatic carbocycles. The summed E-state index contributed by atoms with van der Waals surface area (Å²) in [6.45, 7) is 0. The Hall–Kier alpha value is -1.56. The maximum atomic E-state index is 13.7. The van der Waals surface area contributed by atoms with Crippen LogP contribution in [0.3, 0.4) is 0 Å². The van der Waals surface area contributed by atoms with Gasteiger partial charge in [0, 0.05) is 0 Å². The third-order valence-electron chi connectivity index (χ3n) is 3.63. The molecule has 90 valence electrons. The highest BCUT2D eigenvalue weighted by Gasteiger charge is 2.34. The molecule has 17 heavy (non-hydrogen) atoms. The van der Waals surface area contributed by atoms with Gasteiger partial charge >= 0.3 is 0 Å². The van der Waals surface area contributed by atoms with Crippen LogP contribution in [-0.4, -0.2) is 7.11 Å². The van der Waals surface area contributed by atoms with Gasteiger partial charge in [-0.3, -0.25) is 0 Å². The fraction of sp³-hybridized carbons (Fsp3) is 0.500.